The van der Waals surface area contributed by atoms with Crippen LogP contribution in [0, 0.1) is 22.7 Å². The van der Waals surface area contributed by atoms with E-state index in [-0.39, 0.29) is 11.4 Å². The first-order chi connectivity index (χ1) is 12.7. The Labute approximate surface area is 151 Å². The maximum atomic E-state index is 9.70. The molecule has 0 radical (unpaired) electrons. The standard InChI is InChI=1S/C20H16N6/c21-12-16-18(15-4-2-1-3-5-15)17(13-22)20(26-19(16)23)25-11-8-14-6-9-24-10-7-14/h1-7,9-10H,8,11H2,(H3,23,25,26). The summed E-state index contributed by atoms with van der Waals surface area (Å²) in [4.78, 5) is 8.23. The molecule has 2 heterocycles. The van der Waals surface area contributed by atoms with E-state index in [2.05, 4.69) is 27.4 Å². The number of hydrogen-bond acceptors (Lipinski definition) is 6. The molecule has 0 amide bonds. The molecule has 3 aromatic rings. The molecule has 0 bridgehead atoms. The zero-order valence-corrected chi connectivity index (χ0v) is 14.0. The number of rotatable bonds is 5. The number of pyridine rings is 2. The summed E-state index contributed by atoms with van der Waals surface area (Å²) < 4.78 is 0. The third-order valence-corrected chi connectivity index (χ3v) is 3.97. The van der Waals surface area contributed by atoms with E-state index in [4.69, 9.17) is 5.73 Å². The molecule has 0 fully saturated rings. The average molecular weight is 340 g/mol. The van der Waals surface area contributed by atoms with Crippen LogP contribution in [0.15, 0.2) is 54.9 Å². The van der Waals surface area contributed by atoms with E-state index in [0.717, 1.165) is 17.5 Å². The fraction of sp³-hybridized carbons (Fsp3) is 0.100. The van der Waals surface area contributed by atoms with Crippen molar-refractivity contribution in [3.63, 3.8) is 0 Å². The monoisotopic (exact) mass is 340 g/mol. The molecule has 2 aromatic heterocycles. The van der Waals surface area contributed by atoms with Crippen LogP contribution in [0.25, 0.3) is 11.1 Å². The quantitative estimate of drug-likeness (QED) is 0.738. The first-order valence-electron chi connectivity index (χ1n) is 8.06. The van der Waals surface area contributed by atoms with Crippen LogP contribution in [-0.4, -0.2) is 16.5 Å². The van der Waals surface area contributed by atoms with Crippen molar-refractivity contribution in [3.8, 4) is 23.3 Å². The average Bonchev–Trinajstić information content (AvgIpc) is 2.69. The molecule has 126 valence electrons. The van der Waals surface area contributed by atoms with E-state index in [1.807, 2.05) is 42.5 Å². The van der Waals surface area contributed by atoms with Crippen LogP contribution in [0.2, 0.25) is 0 Å². The molecule has 0 saturated carbocycles. The van der Waals surface area contributed by atoms with Gasteiger partial charge in [-0.3, -0.25) is 4.98 Å². The molecule has 26 heavy (non-hydrogen) atoms. The number of nitrogen functional groups attached to an aromatic ring is 1. The Bertz CT molecular complexity index is 985. The van der Waals surface area contributed by atoms with Crippen molar-refractivity contribution >= 4 is 11.6 Å². The highest BCUT2D eigenvalue weighted by atomic mass is 15.0. The summed E-state index contributed by atoms with van der Waals surface area (Å²) in [5, 5.41) is 22.4. The molecule has 3 rings (SSSR count). The van der Waals surface area contributed by atoms with Crippen LogP contribution in [0.4, 0.5) is 11.6 Å². The molecule has 6 nitrogen and oxygen atoms in total. The van der Waals surface area contributed by atoms with E-state index >= 15 is 0 Å². The molecule has 6 heteroatoms. The molecular weight excluding hydrogens is 324 g/mol. The van der Waals surface area contributed by atoms with Crippen molar-refractivity contribution in [3.05, 3.63) is 71.5 Å². The zero-order chi connectivity index (χ0) is 18.4. The lowest BCUT2D eigenvalue weighted by Gasteiger charge is -2.14. The van der Waals surface area contributed by atoms with Crippen molar-refractivity contribution in [2.75, 3.05) is 17.6 Å². The number of aromatic nitrogens is 2. The molecule has 0 spiro atoms. The van der Waals surface area contributed by atoms with Gasteiger partial charge in [0, 0.05) is 24.5 Å². The van der Waals surface area contributed by atoms with Crippen LogP contribution >= 0.6 is 0 Å². The number of nitrogens with two attached hydrogens (primary N) is 1. The van der Waals surface area contributed by atoms with E-state index in [0.29, 0.717) is 23.5 Å². The summed E-state index contributed by atoms with van der Waals surface area (Å²) in [5.74, 6) is 0.494. The molecule has 0 saturated heterocycles. The number of nitriles is 2. The molecule has 1 aromatic carbocycles. The summed E-state index contributed by atoms with van der Waals surface area (Å²) in [6.07, 6.45) is 4.22. The Morgan fingerprint density at radius 1 is 0.962 bits per heavy atom. The minimum Gasteiger partial charge on any atom is -0.383 e. The van der Waals surface area contributed by atoms with Gasteiger partial charge in [-0.2, -0.15) is 10.5 Å². The van der Waals surface area contributed by atoms with Crippen molar-refractivity contribution < 1.29 is 0 Å². The number of hydrogen-bond donors (Lipinski definition) is 2. The Kier molecular flexibility index (Phi) is 5.07. The first-order valence-corrected chi connectivity index (χ1v) is 8.06. The topological polar surface area (TPSA) is 111 Å². The predicted molar refractivity (Wildman–Crippen MR) is 99.9 cm³/mol. The molecule has 0 aliphatic carbocycles. The minimum absolute atomic E-state index is 0.108. The van der Waals surface area contributed by atoms with Crippen molar-refractivity contribution in [1.29, 1.82) is 10.5 Å². The number of benzene rings is 1. The molecule has 3 N–H and O–H groups in total. The fourth-order valence-corrected chi connectivity index (χ4v) is 2.72. The fourth-order valence-electron chi connectivity index (χ4n) is 2.72. The third-order valence-electron chi connectivity index (χ3n) is 3.97. The van der Waals surface area contributed by atoms with Crippen LogP contribution in [0.1, 0.15) is 16.7 Å². The maximum Gasteiger partial charge on any atom is 0.147 e. The van der Waals surface area contributed by atoms with Crippen LogP contribution in [0.5, 0.6) is 0 Å². The van der Waals surface area contributed by atoms with E-state index in [1.54, 1.807) is 12.4 Å². The van der Waals surface area contributed by atoms with Crippen LogP contribution in [-0.2, 0) is 6.42 Å². The lowest BCUT2D eigenvalue weighted by molar-refractivity contribution is 0.999. The van der Waals surface area contributed by atoms with Gasteiger partial charge in [-0.25, -0.2) is 4.98 Å². The Morgan fingerprint density at radius 3 is 2.31 bits per heavy atom. The van der Waals surface area contributed by atoms with Gasteiger partial charge in [0.25, 0.3) is 0 Å². The normalized spacial score (nSPS) is 9.92. The van der Waals surface area contributed by atoms with Gasteiger partial charge in [0.2, 0.25) is 0 Å². The van der Waals surface area contributed by atoms with Gasteiger partial charge < -0.3 is 11.1 Å². The largest absolute Gasteiger partial charge is 0.383 e. The van der Waals surface area contributed by atoms with Gasteiger partial charge in [-0.15, -0.1) is 0 Å². The molecule has 0 aliphatic rings. The van der Waals surface area contributed by atoms with Crippen molar-refractivity contribution in [2.45, 2.75) is 6.42 Å². The number of nitrogens with one attached hydrogen (secondary N) is 1. The Hall–Kier alpha value is -3.90. The van der Waals surface area contributed by atoms with E-state index < -0.39 is 0 Å². The van der Waals surface area contributed by atoms with Crippen LogP contribution in [0.3, 0.4) is 0 Å². The van der Waals surface area contributed by atoms with E-state index in [9.17, 15) is 10.5 Å². The second-order valence-corrected chi connectivity index (χ2v) is 5.59. The van der Waals surface area contributed by atoms with Gasteiger partial charge in [-0.05, 0) is 29.7 Å². The van der Waals surface area contributed by atoms with Crippen molar-refractivity contribution in [1.82, 2.24) is 9.97 Å². The second kappa shape index (κ2) is 7.78. The van der Waals surface area contributed by atoms with Gasteiger partial charge in [0.15, 0.2) is 0 Å². The van der Waals surface area contributed by atoms with Gasteiger partial charge in [0.05, 0.1) is 0 Å². The Balaban J connectivity index is 1.97. The highest BCUT2D eigenvalue weighted by Gasteiger charge is 2.19. The Morgan fingerprint density at radius 2 is 1.65 bits per heavy atom. The number of nitrogens with zero attached hydrogens (tertiary/aromatic N) is 4. The number of anilines is 2. The molecular formula is C20H16N6. The second-order valence-electron chi connectivity index (χ2n) is 5.59. The van der Waals surface area contributed by atoms with Gasteiger partial charge in [-0.1, -0.05) is 30.3 Å². The summed E-state index contributed by atoms with van der Waals surface area (Å²) in [7, 11) is 0. The van der Waals surface area contributed by atoms with E-state index in [1.165, 1.54) is 0 Å². The highest BCUT2D eigenvalue weighted by molar-refractivity contribution is 5.84. The zero-order valence-electron chi connectivity index (χ0n) is 14.0. The molecule has 0 aliphatic heterocycles. The van der Waals surface area contributed by atoms with Crippen LogP contribution < -0.4 is 11.1 Å². The first kappa shape index (κ1) is 16.9. The highest BCUT2D eigenvalue weighted by Crippen LogP contribution is 2.33. The minimum atomic E-state index is 0.108. The smallest absolute Gasteiger partial charge is 0.147 e. The maximum absolute atomic E-state index is 9.70. The SMILES string of the molecule is N#Cc1c(N)nc(NCCc2ccncc2)c(C#N)c1-c1ccccc1. The predicted octanol–water partition coefficient (Wildman–Crippen LogP) is 3.12. The summed E-state index contributed by atoms with van der Waals surface area (Å²) in [5.41, 5.74) is 8.90. The molecule has 0 unspecified atom stereocenters. The summed E-state index contributed by atoms with van der Waals surface area (Å²) >= 11 is 0. The van der Waals surface area contributed by atoms with Crippen molar-refractivity contribution in [2.24, 2.45) is 0 Å². The lowest BCUT2D eigenvalue weighted by Crippen LogP contribution is -2.11. The van der Waals surface area contributed by atoms with Gasteiger partial charge >= 0.3 is 0 Å². The lowest BCUT2D eigenvalue weighted by atomic mass is 9.96. The summed E-state index contributed by atoms with van der Waals surface area (Å²) in [6, 6.07) is 17.4. The molecule has 0 atom stereocenters. The third kappa shape index (κ3) is 3.45. The summed E-state index contributed by atoms with van der Waals surface area (Å²) in [6.45, 7) is 0.575. The van der Waals surface area contributed by atoms with Gasteiger partial charge in [0.1, 0.15) is 34.9 Å².